The Hall–Kier alpha value is -0.480. The Labute approximate surface area is 174 Å². The summed E-state index contributed by atoms with van der Waals surface area (Å²) in [4.78, 5) is 23.4. The first-order valence-corrected chi connectivity index (χ1v) is 13.0. The molecule has 4 aliphatic carbocycles. The molecule has 2 unspecified atom stereocenters. The molecule has 3 saturated carbocycles. The van der Waals surface area contributed by atoms with Gasteiger partial charge in [0, 0.05) is 5.92 Å². The van der Waals surface area contributed by atoms with E-state index in [-0.39, 0.29) is 35.2 Å². The first-order valence-electron chi connectivity index (χ1n) is 11.4. The van der Waals surface area contributed by atoms with E-state index in [4.69, 9.17) is 4.52 Å². The van der Waals surface area contributed by atoms with Crippen molar-refractivity contribution >= 4 is 13.4 Å². The van der Waals surface area contributed by atoms with Crippen LogP contribution in [-0.2, 0) is 13.9 Å². The van der Waals surface area contributed by atoms with Crippen LogP contribution < -0.4 is 0 Å². The molecular weight excluding hydrogens is 387 g/mol. The molecule has 0 aromatic carbocycles. The van der Waals surface area contributed by atoms with E-state index in [1.165, 1.54) is 5.57 Å². The molecule has 0 bridgehead atoms. The van der Waals surface area contributed by atoms with Gasteiger partial charge in [-0.3, -0.25) is 9.36 Å². The zero-order valence-corrected chi connectivity index (χ0v) is 19.2. The highest BCUT2D eigenvalue weighted by Crippen LogP contribution is 2.71. The third kappa shape index (κ3) is 3.23. The predicted octanol–water partition coefficient (Wildman–Crippen LogP) is 4.72. The van der Waals surface area contributed by atoms with Crippen LogP contribution in [0.1, 0.15) is 72.6 Å². The Balaban J connectivity index is 1.70. The largest absolute Gasteiger partial charge is 0.393 e. The van der Waals surface area contributed by atoms with E-state index in [2.05, 4.69) is 19.9 Å². The molecule has 29 heavy (non-hydrogen) atoms. The van der Waals surface area contributed by atoms with Crippen molar-refractivity contribution in [2.45, 2.75) is 84.4 Å². The molecule has 4 aliphatic rings. The first-order chi connectivity index (χ1) is 13.5. The highest BCUT2D eigenvalue weighted by molar-refractivity contribution is 7.53. The normalized spacial score (nSPS) is 48.7. The fraction of sp³-hybridized carbons (Fsp3) is 0.870. The topological polar surface area (TPSA) is 83.8 Å². The van der Waals surface area contributed by atoms with Crippen molar-refractivity contribution in [1.82, 2.24) is 0 Å². The number of hydrogen-bond acceptors (Lipinski definition) is 4. The summed E-state index contributed by atoms with van der Waals surface area (Å²) in [5.74, 6) is 0.868. The third-order valence-electron chi connectivity index (χ3n) is 9.28. The summed E-state index contributed by atoms with van der Waals surface area (Å²) < 4.78 is 18.4. The molecule has 0 aliphatic heterocycles. The number of allylic oxidation sites excluding steroid dienone is 1. The number of aliphatic hydroxyl groups excluding tert-OH is 1. The lowest BCUT2D eigenvalue weighted by molar-refractivity contribution is -0.127. The van der Waals surface area contributed by atoms with Crippen LogP contribution in [0, 0.1) is 34.5 Å². The lowest BCUT2D eigenvalue weighted by atomic mass is 9.47. The van der Waals surface area contributed by atoms with Gasteiger partial charge in [0.2, 0.25) is 0 Å². The second kappa shape index (κ2) is 7.29. The number of aliphatic hydroxyl groups is 1. The monoisotopic (exact) mass is 424 g/mol. The SMILES string of the molecule is CCOP(=O)(O)C1C[C@H]2[C@@H]3CC=C4C[C@@H](O)CC[C@]4(C)[C@H]3CC[C@]2(C)[C@H]1C(C)=O. The van der Waals surface area contributed by atoms with Gasteiger partial charge in [-0.15, -0.1) is 0 Å². The minimum atomic E-state index is -3.84. The van der Waals surface area contributed by atoms with Gasteiger partial charge in [0.05, 0.1) is 18.4 Å². The van der Waals surface area contributed by atoms with E-state index in [9.17, 15) is 19.4 Å². The van der Waals surface area contributed by atoms with Gasteiger partial charge in [0.25, 0.3) is 0 Å². The molecular formula is C23H37O5P. The average molecular weight is 425 g/mol. The molecule has 9 atom stereocenters. The zero-order valence-electron chi connectivity index (χ0n) is 18.3. The Morgan fingerprint density at radius 3 is 2.66 bits per heavy atom. The van der Waals surface area contributed by atoms with Gasteiger partial charge < -0.3 is 14.5 Å². The van der Waals surface area contributed by atoms with Crippen LogP contribution in [0.2, 0.25) is 0 Å². The molecule has 0 spiro atoms. The molecule has 4 rings (SSSR count). The van der Waals surface area contributed by atoms with Gasteiger partial charge >= 0.3 is 7.60 Å². The number of fused-ring (bicyclic) bond motifs is 5. The summed E-state index contributed by atoms with van der Waals surface area (Å²) >= 11 is 0. The molecule has 6 heteroatoms. The van der Waals surface area contributed by atoms with Crippen molar-refractivity contribution in [2.75, 3.05) is 6.61 Å². The Bertz CT molecular complexity index is 762. The molecule has 164 valence electrons. The third-order valence-corrected chi connectivity index (χ3v) is 11.3. The molecule has 5 nitrogen and oxygen atoms in total. The van der Waals surface area contributed by atoms with Crippen LogP contribution in [0.25, 0.3) is 0 Å². The van der Waals surface area contributed by atoms with Crippen LogP contribution >= 0.6 is 7.60 Å². The van der Waals surface area contributed by atoms with Gasteiger partial charge in [-0.1, -0.05) is 25.5 Å². The van der Waals surface area contributed by atoms with Gasteiger partial charge in [0.15, 0.2) is 0 Å². The first kappa shape index (κ1) is 21.7. The second-order valence-electron chi connectivity index (χ2n) is 10.6. The van der Waals surface area contributed by atoms with Gasteiger partial charge in [-0.05, 0) is 87.4 Å². The number of carbonyl (C=O) groups is 1. The van der Waals surface area contributed by atoms with Crippen LogP contribution in [0.3, 0.4) is 0 Å². The van der Waals surface area contributed by atoms with E-state index in [1.54, 1.807) is 13.8 Å². The molecule has 3 fully saturated rings. The van der Waals surface area contributed by atoms with E-state index in [0.29, 0.717) is 18.3 Å². The Kier molecular flexibility index (Phi) is 5.47. The van der Waals surface area contributed by atoms with E-state index >= 15 is 0 Å². The van der Waals surface area contributed by atoms with E-state index < -0.39 is 19.2 Å². The lowest BCUT2D eigenvalue weighted by Gasteiger charge is -2.57. The summed E-state index contributed by atoms with van der Waals surface area (Å²) in [5.41, 5.74) is 0.722. The predicted molar refractivity (Wildman–Crippen MR) is 113 cm³/mol. The quantitative estimate of drug-likeness (QED) is 0.504. The smallest absolute Gasteiger partial charge is 0.331 e. The molecule has 0 aromatic rings. The van der Waals surface area contributed by atoms with Crippen molar-refractivity contribution in [3.63, 3.8) is 0 Å². The fourth-order valence-corrected chi connectivity index (χ4v) is 9.98. The van der Waals surface area contributed by atoms with E-state index in [1.807, 2.05) is 0 Å². The minimum Gasteiger partial charge on any atom is -0.393 e. The lowest BCUT2D eigenvalue weighted by Crippen LogP contribution is -2.51. The number of carbonyl (C=O) groups excluding carboxylic acids is 1. The molecule has 0 saturated heterocycles. The van der Waals surface area contributed by atoms with Crippen LogP contribution in [0.15, 0.2) is 11.6 Å². The molecule has 0 radical (unpaired) electrons. The number of Topliss-reactive ketones (excluding diaryl/α,β-unsaturated/α-hetero) is 1. The highest BCUT2D eigenvalue weighted by atomic mass is 31.2. The number of rotatable bonds is 4. The van der Waals surface area contributed by atoms with Crippen molar-refractivity contribution in [3.8, 4) is 0 Å². The Morgan fingerprint density at radius 2 is 2.00 bits per heavy atom. The number of hydrogen-bond donors (Lipinski definition) is 2. The van der Waals surface area contributed by atoms with Gasteiger partial charge in [-0.25, -0.2) is 0 Å². The summed E-state index contributed by atoms with van der Waals surface area (Å²) in [6.07, 6.45) is 8.35. The average Bonchev–Trinajstić information content (AvgIpc) is 2.96. The highest BCUT2D eigenvalue weighted by Gasteiger charge is 2.65. The minimum absolute atomic E-state index is 0.0338. The second-order valence-corrected chi connectivity index (χ2v) is 12.6. The maximum absolute atomic E-state index is 13.0. The van der Waals surface area contributed by atoms with Crippen molar-refractivity contribution in [3.05, 3.63) is 11.6 Å². The van der Waals surface area contributed by atoms with E-state index in [0.717, 1.165) is 38.5 Å². The van der Waals surface area contributed by atoms with Crippen LogP contribution in [0.4, 0.5) is 0 Å². The summed E-state index contributed by atoms with van der Waals surface area (Å²) in [7, 11) is -3.84. The molecule has 0 aromatic heterocycles. The van der Waals surface area contributed by atoms with Crippen molar-refractivity contribution in [1.29, 1.82) is 0 Å². The zero-order chi connectivity index (χ0) is 21.2. The summed E-state index contributed by atoms with van der Waals surface area (Å²) in [6.45, 7) is 8.08. The van der Waals surface area contributed by atoms with Crippen molar-refractivity contribution in [2.24, 2.45) is 34.5 Å². The van der Waals surface area contributed by atoms with Crippen LogP contribution in [0.5, 0.6) is 0 Å². The van der Waals surface area contributed by atoms with Crippen molar-refractivity contribution < 1.29 is 23.9 Å². The Morgan fingerprint density at radius 1 is 1.28 bits per heavy atom. The maximum Gasteiger partial charge on any atom is 0.331 e. The number of ketones is 1. The molecule has 0 amide bonds. The molecule has 2 N–H and O–H groups in total. The molecule has 0 heterocycles. The fourth-order valence-electron chi connectivity index (χ4n) is 7.99. The van der Waals surface area contributed by atoms with Gasteiger partial charge in [0.1, 0.15) is 5.78 Å². The van der Waals surface area contributed by atoms with Crippen LogP contribution in [-0.4, -0.2) is 34.2 Å². The van der Waals surface area contributed by atoms with Gasteiger partial charge in [-0.2, -0.15) is 0 Å². The maximum atomic E-state index is 13.0. The summed E-state index contributed by atoms with van der Waals surface area (Å²) in [5, 5.41) is 10.2. The summed E-state index contributed by atoms with van der Waals surface area (Å²) in [6, 6.07) is 0. The standard InChI is InChI=1S/C23H37O5P/c1-5-28-29(26,27)20-13-19-17-7-6-15-12-16(25)8-10-22(15,3)18(17)9-11-23(19,4)21(20)14(2)24/h6,16-21,25H,5,7-13H2,1-4H3,(H,26,27)/t16-,17+,18-,19-,20?,21-,22-,23-/m0/s1.